The molecule has 0 amide bonds. The number of hydrogen-bond acceptors (Lipinski definition) is 2. The molecule has 4 aromatic rings. The standard InChI is InChI=1S/C21H13NO/c23-14-22-21-11-10-18(15-6-2-1-3-7-15)19-12-16-8-4-5-9-17(16)13-20(19)21/h1-13H. The van der Waals surface area contributed by atoms with Gasteiger partial charge in [-0.25, -0.2) is 4.79 Å². The van der Waals surface area contributed by atoms with E-state index in [1.807, 2.05) is 42.5 Å². The number of aliphatic imine (C=N–C) groups is 1. The van der Waals surface area contributed by atoms with Crippen LogP contribution in [0.2, 0.25) is 0 Å². The van der Waals surface area contributed by atoms with Crippen molar-refractivity contribution in [1.29, 1.82) is 0 Å². The van der Waals surface area contributed by atoms with Gasteiger partial charge in [0.25, 0.3) is 0 Å². The van der Waals surface area contributed by atoms with Crippen molar-refractivity contribution in [3.8, 4) is 11.1 Å². The van der Waals surface area contributed by atoms with Crippen molar-refractivity contribution < 1.29 is 4.79 Å². The van der Waals surface area contributed by atoms with Crippen LogP contribution in [-0.4, -0.2) is 6.08 Å². The third-order valence-electron chi connectivity index (χ3n) is 4.11. The number of isocyanates is 1. The van der Waals surface area contributed by atoms with Crippen LogP contribution in [0.5, 0.6) is 0 Å². The van der Waals surface area contributed by atoms with E-state index in [2.05, 4.69) is 41.4 Å². The second-order valence-electron chi connectivity index (χ2n) is 5.45. The summed E-state index contributed by atoms with van der Waals surface area (Å²) >= 11 is 0. The van der Waals surface area contributed by atoms with Gasteiger partial charge in [-0.3, -0.25) is 0 Å². The lowest BCUT2D eigenvalue weighted by atomic mass is 9.94. The SMILES string of the molecule is O=C=Nc1ccc(-c2ccccc2)c2cc3ccccc3cc12. The molecule has 0 fully saturated rings. The van der Waals surface area contributed by atoms with Gasteiger partial charge in [0.15, 0.2) is 0 Å². The summed E-state index contributed by atoms with van der Waals surface area (Å²) in [4.78, 5) is 14.6. The summed E-state index contributed by atoms with van der Waals surface area (Å²) in [5.74, 6) is 0. The van der Waals surface area contributed by atoms with Gasteiger partial charge in [-0.1, -0.05) is 60.7 Å². The summed E-state index contributed by atoms with van der Waals surface area (Å²) < 4.78 is 0. The Morgan fingerprint density at radius 2 is 1.35 bits per heavy atom. The summed E-state index contributed by atoms with van der Waals surface area (Å²) in [5.41, 5.74) is 2.94. The zero-order valence-corrected chi connectivity index (χ0v) is 12.4. The predicted molar refractivity (Wildman–Crippen MR) is 94.7 cm³/mol. The van der Waals surface area contributed by atoms with E-state index in [1.54, 1.807) is 6.08 Å². The molecule has 0 bridgehead atoms. The zero-order chi connectivity index (χ0) is 15.6. The minimum Gasteiger partial charge on any atom is -0.211 e. The molecule has 0 aliphatic rings. The molecule has 0 unspecified atom stereocenters. The minimum atomic E-state index is 0.653. The van der Waals surface area contributed by atoms with Crippen LogP contribution in [0.1, 0.15) is 0 Å². The van der Waals surface area contributed by atoms with Crippen molar-refractivity contribution in [2.75, 3.05) is 0 Å². The highest BCUT2D eigenvalue weighted by molar-refractivity contribution is 6.09. The maximum absolute atomic E-state index is 10.7. The fraction of sp³-hybridized carbons (Fsp3) is 0. The fourth-order valence-corrected chi connectivity index (χ4v) is 3.03. The van der Waals surface area contributed by atoms with Gasteiger partial charge in [-0.2, -0.15) is 4.99 Å². The van der Waals surface area contributed by atoms with Crippen LogP contribution in [0, 0.1) is 0 Å². The Morgan fingerprint density at radius 1 is 0.696 bits per heavy atom. The molecule has 2 heteroatoms. The molecule has 0 N–H and O–H groups in total. The minimum absolute atomic E-state index is 0.653. The first kappa shape index (κ1) is 13.4. The fourth-order valence-electron chi connectivity index (χ4n) is 3.03. The van der Waals surface area contributed by atoms with E-state index >= 15 is 0 Å². The molecule has 0 radical (unpaired) electrons. The molecule has 0 aromatic heterocycles. The molecule has 108 valence electrons. The molecule has 0 saturated heterocycles. The maximum Gasteiger partial charge on any atom is 0.240 e. The molecule has 23 heavy (non-hydrogen) atoms. The average Bonchev–Trinajstić information content (AvgIpc) is 2.61. The van der Waals surface area contributed by atoms with Crippen LogP contribution >= 0.6 is 0 Å². The van der Waals surface area contributed by atoms with Crippen molar-refractivity contribution in [3.05, 3.63) is 78.9 Å². The van der Waals surface area contributed by atoms with Gasteiger partial charge < -0.3 is 0 Å². The van der Waals surface area contributed by atoms with Gasteiger partial charge in [-0.15, -0.1) is 0 Å². The van der Waals surface area contributed by atoms with E-state index in [1.165, 1.54) is 5.39 Å². The normalized spacial score (nSPS) is 10.6. The van der Waals surface area contributed by atoms with Gasteiger partial charge in [0.2, 0.25) is 6.08 Å². The third kappa shape index (κ3) is 2.32. The number of rotatable bonds is 2. The third-order valence-corrected chi connectivity index (χ3v) is 4.11. The van der Waals surface area contributed by atoms with Crippen molar-refractivity contribution in [3.63, 3.8) is 0 Å². The maximum atomic E-state index is 10.7. The number of carbonyl (C=O) groups excluding carboxylic acids is 1. The van der Waals surface area contributed by atoms with Crippen LogP contribution in [0.15, 0.2) is 83.9 Å². The molecule has 0 atom stereocenters. The number of hydrogen-bond donors (Lipinski definition) is 0. The Labute approximate surface area is 133 Å². The Morgan fingerprint density at radius 3 is 2.04 bits per heavy atom. The van der Waals surface area contributed by atoms with Gasteiger partial charge in [0.05, 0.1) is 5.69 Å². The van der Waals surface area contributed by atoms with Crippen LogP contribution in [-0.2, 0) is 4.79 Å². The van der Waals surface area contributed by atoms with Crippen molar-refractivity contribution in [1.82, 2.24) is 0 Å². The first-order valence-corrected chi connectivity index (χ1v) is 7.45. The summed E-state index contributed by atoms with van der Waals surface area (Å²) in [6, 6.07) is 26.6. The lowest BCUT2D eigenvalue weighted by Gasteiger charge is -2.10. The Kier molecular flexibility index (Phi) is 3.23. The second-order valence-corrected chi connectivity index (χ2v) is 5.45. The summed E-state index contributed by atoms with van der Waals surface area (Å²) in [7, 11) is 0. The van der Waals surface area contributed by atoms with Crippen molar-refractivity contribution in [2.24, 2.45) is 4.99 Å². The quantitative estimate of drug-likeness (QED) is 0.268. The summed E-state index contributed by atoms with van der Waals surface area (Å²) in [6.45, 7) is 0. The lowest BCUT2D eigenvalue weighted by Crippen LogP contribution is -1.83. The largest absolute Gasteiger partial charge is 0.240 e. The average molecular weight is 295 g/mol. The highest BCUT2D eigenvalue weighted by Gasteiger charge is 2.09. The second kappa shape index (κ2) is 5.53. The first-order chi connectivity index (χ1) is 11.4. The van der Waals surface area contributed by atoms with E-state index in [0.717, 1.165) is 27.3 Å². The van der Waals surface area contributed by atoms with E-state index < -0.39 is 0 Å². The number of nitrogens with zero attached hydrogens (tertiary/aromatic N) is 1. The van der Waals surface area contributed by atoms with Gasteiger partial charge >= 0.3 is 0 Å². The lowest BCUT2D eigenvalue weighted by molar-refractivity contribution is 0.565. The molecule has 0 aliphatic heterocycles. The zero-order valence-electron chi connectivity index (χ0n) is 12.4. The highest BCUT2D eigenvalue weighted by atomic mass is 16.1. The van der Waals surface area contributed by atoms with Crippen LogP contribution in [0.4, 0.5) is 5.69 Å². The molecule has 0 aliphatic carbocycles. The molecular weight excluding hydrogens is 282 g/mol. The topological polar surface area (TPSA) is 29.4 Å². The molecule has 4 rings (SSSR count). The molecule has 0 heterocycles. The monoisotopic (exact) mass is 295 g/mol. The smallest absolute Gasteiger partial charge is 0.211 e. The predicted octanol–water partition coefficient (Wildman–Crippen LogP) is 5.63. The van der Waals surface area contributed by atoms with Crippen LogP contribution in [0.3, 0.4) is 0 Å². The van der Waals surface area contributed by atoms with Gasteiger partial charge in [0, 0.05) is 5.39 Å². The summed E-state index contributed by atoms with van der Waals surface area (Å²) in [6.07, 6.45) is 1.66. The summed E-state index contributed by atoms with van der Waals surface area (Å²) in [5, 5.41) is 4.36. The van der Waals surface area contributed by atoms with Gasteiger partial charge in [0.1, 0.15) is 0 Å². The van der Waals surface area contributed by atoms with E-state index in [4.69, 9.17) is 0 Å². The van der Waals surface area contributed by atoms with E-state index in [9.17, 15) is 4.79 Å². The van der Waals surface area contributed by atoms with E-state index in [0.29, 0.717) is 5.69 Å². The van der Waals surface area contributed by atoms with Crippen LogP contribution < -0.4 is 0 Å². The van der Waals surface area contributed by atoms with Crippen molar-refractivity contribution in [2.45, 2.75) is 0 Å². The molecular formula is C21H13NO. The van der Waals surface area contributed by atoms with Crippen LogP contribution in [0.25, 0.3) is 32.7 Å². The molecule has 2 nitrogen and oxygen atoms in total. The molecule has 0 spiro atoms. The first-order valence-electron chi connectivity index (χ1n) is 7.45. The number of benzene rings is 4. The van der Waals surface area contributed by atoms with Gasteiger partial charge in [-0.05, 0) is 45.5 Å². The number of fused-ring (bicyclic) bond motifs is 2. The Hall–Kier alpha value is -3.22. The van der Waals surface area contributed by atoms with Crippen molar-refractivity contribution >= 4 is 33.3 Å². The van der Waals surface area contributed by atoms with E-state index in [-0.39, 0.29) is 0 Å². The Bertz CT molecular complexity index is 1060. The highest BCUT2D eigenvalue weighted by Crippen LogP contribution is 2.36. The molecule has 4 aromatic carbocycles. The molecule has 0 saturated carbocycles. The Balaban J connectivity index is 2.14.